The molecule has 1 aromatic carbocycles. The zero-order chi connectivity index (χ0) is 27.0. The molecule has 0 aliphatic carbocycles. The molecule has 1 saturated heterocycles. The molecule has 4 heterocycles. The number of piperidine rings is 1. The first kappa shape index (κ1) is 25.6. The molecule has 0 bridgehead atoms. The highest BCUT2D eigenvalue weighted by Crippen LogP contribution is 2.35. The van der Waals surface area contributed by atoms with E-state index in [0.29, 0.717) is 42.5 Å². The summed E-state index contributed by atoms with van der Waals surface area (Å²) >= 11 is 1.01. The van der Waals surface area contributed by atoms with Crippen LogP contribution in [-0.4, -0.2) is 67.4 Å². The number of pyridine rings is 1. The number of nitrogens with one attached hydrogen (secondary N) is 1. The summed E-state index contributed by atoms with van der Waals surface area (Å²) in [7, 11) is -1.87. The van der Waals surface area contributed by atoms with Crippen molar-refractivity contribution in [1.29, 1.82) is 0 Å². The van der Waals surface area contributed by atoms with E-state index in [1.807, 2.05) is 7.05 Å². The van der Waals surface area contributed by atoms with Gasteiger partial charge in [0.25, 0.3) is 0 Å². The van der Waals surface area contributed by atoms with Crippen molar-refractivity contribution in [2.45, 2.75) is 23.8 Å². The fraction of sp³-hybridized carbons (Fsp3) is 0.250. The second kappa shape index (κ2) is 10.0. The molecule has 0 unspecified atom stereocenters. The van der Waals surface area contributed by atoms with Crippen molar-refractivity contribution in [2.24, 2.45) is 7.05 Å². The first-order valence-corrected chi connectivity index (χ1v) is 13.9. The van der Waals surface area contributed by atoms with E-state index in [9.17, 15) is 23.4 Å². The number of rotatable bonds is 7. The molecular formula is C24H25N7O5S2. The highest BCUT2D eigenvalue weighted by Gasteiger charge is 2.31. The highest BCUT2D eigenvalue weighted by atomic mass is 32.2. The minimum absolute atomic E-state index is 0.0215. The minimum atomic E-state index is -3.71. The maximum absolute atomic E-state index is 13.2. The lowest BCUT2D eigenvalue weighted by Gasteiger charge is -2.31. The Labute approximate surface area is 222 Å². The van der Waals surface area contributed by atoms with Gasteiger partial charge in [-0.2, -0.15) is 4.31 Å². The topological polar surface area (TPSA) is 177 Å². The van der Waals surface area contributed by atoms with Crippen LogP contribution in [0.5, 0.6) is 11.5 Å². The largest absolute Gasteiger partial charge is 0.507 e. The van der Waals surface area contributed by atoms with E-state index in [1.165, 1.54) is 34.8 Å². The number of carbonyl (C=O) groups is 1. The molecule has 0 atom stereocenters. The molecule has 0 saturated carbocycles. The van der Waals surface area contributed by atoms with Crippen LogP contribution < -0.4 is 11.1 Å². The molecule has 5 rings (SSSR count). The third-order valence-electron chi connectivity index (χ3n) is 6.23. The zero-order valence-corrected chi connectivity index (χ0v) is 21.9. The number of hydrogen-bond acceptors (Lipinski definition) is 11. The number of phenolic OH excluding ortho intramolecular Hbond substituents is 2. The number of phenols is 2. The number of aromatic hydroxyl groups is 2. The fourth-order valence-electron chi connectivity index (χ4n) is 4.22. The number of sulfonamides is 1. The number of nitrogens with zero attached hydrogens (tertiary/aromatic N) is 5. The van der Waals surface area contributed by atoms with Gasteiger partial charge in [-0.3, -0.25) is 9.78 Å². The van der Waals surface area contributed by atoms with Crippen LogP contribution in [0, 0.1) is 0 Å². The summed E-state index contributed by atoms with van der Waals surface area (Å²) in [5.41, 5.74) is 6.96. The normalized spacial score (nSPS) is 15.0. The standard InChI is InChI=1S/C24H25N7O5S2/c1-30-12-17(27-13-30)16-6-5-15(11-26-16)38(35,36)31-9-7-14(8-10-31)28-24-29-23(25)22(37-24)21(34)20-18(32)3-2-4-19(20)33/h2-6,11-14,32-33H,7-10,25H2,1H3,(H,28,29). The summed E-state index contributed by atoms with van der Waals surface area (Å²) in [6.07, 6.45) is 5.84. The van der Waals surface area contributed by atoms with Crippen molar-refractivity contribution >= 4 is 38.1 Å². The van der Waals surface area contributed by atoms with Crippen LogP contribution in [0.15, 0.2) is 53.9 Å². The number of nitrogens with two attached hydrogens (primary N) is 1. The molecule has 0 spiro atoms. The average molecular weight is 556 g/mol. The van der Waals surface area contributed by atoms with Gasteiger partial charge in [-0.15, -0.1) is 0 Å². The lowest BCUT2D eigenvalue weighted by atomic mass is 10.1. The molecule has 12 nitrogen and oxygen atoms in total. The molecular weight excluding hydrogens is 530 g/mol. The van der Waals surface area contributed by atoms with Gasteiger partial charge in [0, 0.05) is 38.6 Å². The number of imidazole rings is 1. The molecule has 1 fully saturated rings. The SMILES string of the molecule is Cn1cnc(-c2ccc(S(=O)(=O)N3CCC(Nc4nc(N)c(C(=O)c5c(O)cccc5O)s4)CC3)cn2)c1. The monoisotopic (exact) mass is 555 g/mol. The van der Waals surface area contributed by atoms with E-state index in [2.05, 4.69) is 20.3 Å². The molecule has 1 aliphatic rings. The molecule has 198 valence electrons. The van der Waals surface area contributed by atoms with Crippen LogP contribution in [-0.2, 0) is 17.1 Å². The zero-order valence-electron chi connectivity index (χ0n) is 20.3. The molecule has 38 heavy (non-hydrogen) atoms. The summed E-state index contributed by atoms with van der Waals surface area (Å²) in [5, 5.41) is 23.6. The molecule has 0 radical (unpaired) electrons. The van der Waals surface area contributed by atoms with Gasteiger partial charge in [0.05, 0.1) is 12.0 Å². The lowest BCUT2D eigenvalue weighted by molar-refractivity contribution is 0.103. The van der Waals surface area contributed by atoms with E-state index < -0.39 is 15.8 Å². The van der Waals surface area contributed by atoms with Crippen molar-refractivity contribution in [3.8, 4) is 22.9 Å². The minimum Gasteiger partial charge on any atom is -0.507 e. The van der Waals surface area contributed by atoms with Crippen LogP contribution in [0.2, 0.25) is 0 Å². The summed E-state index contributed by atoms with van der Waals surface area (Å²) in [6, 6.07) is 7.12. The van der Waals surface area contributed by atoms with Crippen molar-refractivity contribution < 1.29 is 23.4 Å². The third-order valence-corrected chi connectivity index (χ3v) is 9.11. The number of thiazole rings is 1. The molecule has 1 aliphatic heterocycles. The Morgan fingerprint density at radius 3 is 2.42 bits per heavy atom. The first-order valence-electron chi connectivity index (χ1n) is 11.7. The van der Waals surface area contributed by atoms with Crippen molar-refractivity contribution in [1.82, 2.24) is 23.8 Å². The number of anilines is 2. The predicted molar refractivity (Wildman–Crippen MR) is 142 cm³/mol. The van der Waals surface area contributed by atoms with E-state index in [4.69, 9.17) is 5.73 Å². The Morgan fingerprint density at radius 2 is 1.82 bits per heavy atom. The second-order valence-corrected chi connectivity index (χ2v) is 11.8. The quantitative estimate of drug-likeness (QED) is 0.248. The summed E-state index contributed by atoms with van der Waals surface area (Å²) in [6.45, 7) is 0.584. The van der Waals surface area contributed by atoms with Crippen LogP contribution in [0.1, 0.15) is 28.1 Å². The Kier molecular flexibility index (Phi) is 6.77. The summed E-state index contributed by atoms with van der Waals surface area (Å²) in [4.78, 5) is 25.8. The van der Waals surface area contributed by atoms with Gasteiger partial charge in [0.2, 0.25) is 15.8 Å². The average Bonchev–Trinajstić information content (AvgIpc) is 3.49. The molecule has 3 aromatic heterocycles. The number of hydrogen-bond donors (Lipinski definition) is 4. The highest BCUT2D eigenvalue weighted by molar-refractivity contribution is 7.89. The summed E-state index contributed by atoms with van der Waals surface area (Å²) in [5.74, 6) is -1.36. The number of ketones is 1. The maximum Gasteiger partial charge on any atom is 0.244 e. The molecule has 5 N–H and O–H groups in total. The molecule has 4 aromatic rings. The van der Waals surface area contributed by atoms with Gasteiger partial charge in [0.1, 0.15) is 38.3 Å². The predicted octanol–water partition coefficient (Wildman–Crippen LogP) is 2.43. The molecule has 0 amide bonds. The number of aryl methyl sites for hydroxylation is 1. The van der Waals surface area contributed by atoms with Gasteiger partial charge < -0.3 is 25.8 Å². The number of nitrogen functional groups attached to an aromatic ring is 1. The van der Waals surface area contributed by atoms with Gasteiger partial charge in [-0.1, -0.05) is 17.4 Å². The van der Waals surface area contributed by atoms with Gasteiger partial charge in [-0.05, 0) is 37.1 Å². The first-order chi connectivity index (χ1) is 18.1. The van der Waals surface area contributed by atoms with Crippen LogP contribution in [0.3, 0.4) is 0 Å². The summed E-state index contributed by atoms with van der Waals surface area (Å²) < 4.78 is 29.5. The smallest absolute Gasteiger partial charge is 0.244 e. The Bertz CT molecular complexity index is 1570. The Hall–Kier alpha value is -4.01. The van der Waals surface area contributed by atoms with Crippen LogP contribution >= 0.6 is 11.3 Å². The van der Waals surface area contributed by atoms with E-state index in [0.717, 1.165) is 11.3 Å². The fourth-order valence-corrected chi connectivity index (χ4v) is 6.55. The van der Waals surface area contributed by atoms with Crippen molar-refractivity contribution in [2.75, 3.05) is 24.1 Å². The van der Waals surface area contributed by atoms with Crippen LogP contribution in [0.4, 0.5) is 10.9 Å². The number of benzene rings is 1. The Morgan fingerprint density at radius 1 is 1.11 bits per heavy atom. The van der Waals surface area contributed by atoms with Crippen molar-refractivity contribution in [3.05, 3.63) is 59.5 Å². The van der Waals surface area contributed by atoms with Crippen molar-refractivity contribution in [3.63, 3.8) is 0 Å². The van der Waals surface area contributed by atoms with Gasteiger partial charge in [0.15, 0.2) is 5.13 Å². The number of aromatic nitrogens is 4. The third kappa shape index (κ3) is 4.92. The van der Waals surface area contributed by atoms with Gasteiger partial charge in [-0.25, -0.2) is 18.4 Å². The molecule has 14 heteroatoms. The van der Waals surface area contributed by atoms with E-state index >= 15 is 0 Å². The Balaban J connectivity index is 1.22. The van der Waals surface area contributed by atoms with Gasteiger partial charge >= 0.3 is 0 Å². The van der Waals surface area contributed by atoms with Crippen LogP contribution in [0.25, 0.3) is 11.4 Å². The lowest BCUT2D eigenvalue weighted by Crippen LogP contribution is -2.42. The van der Waals surface area contributed by atoms with E-state index in [-0.39, 0.29) is 38.7 Å². The number of carbonyl (C=O) groups excluding carboxylic acids is 1. The second-order valence-electron chi connectivity index (χ2n) is 8.86. The van der Waals surface area contributed by atoms with E-state index in [1.54, 1.807) is 23.2 Å². The maximum atomic E-state index is 13.2.